The van der Waals surface area contributed by atoms with E-state index in [0.29, 0.717) is 14.7 Å². The maximum absolute atomic E-state index is 13.0. The molecule has 0 amide bonds. The van der Waals surface area contributed by atoms with Gasteiger partial charge in [-0.25, -0.2) is 4.39 Å². The molecule has 1 atom stereocenters. The average Bonchev–Trinajstić information content (AvgIpc) is 2.93. The number of alkyl halides is 1. The van der Waals surface area contributed by atoms with Crippen LogP contribution in [0.5, 0.6) is 0 Å². The minimum absolute atomic E-state index is 0.185. The first-order valence-corrected chi connectivity index (χ1v) is 6.82. The summed E-state index contributed by atoms with van der Waals surface area (Å²) >= 11 is 6.89. The second-order valence-electron chi connectivity index (χ2n) is 4.40. The molecule has 0 bridgehead atoms. The quantitative estimate of drug-likeness (QED) is 0.703. The Morgan fingerprint density at radius 1 is 1.47 bits per heavy atom. The van der Waals surface area contributed by atoms with Gasteiger partial charge in [0.15, 0.2) is 0 Å². The van der Waals surface area contributed by atoms with Crippen molar-refractivity contribution >= 4 is 31.9 Å². The van der Waals surface area contributed by atoms with Gasteiger partial charge in [-0.15, -0.1) is 0 Å². The van der Waals surface area contributed by atoms with Gasteiger partial charge < -0.3 is 0 Å². The van der Waals surface area contributed by atoms with Crippen molar-refractivity contribution in [1.29, 1.82) is 0 Å². The molecule has 1 fully saturated rings. The lowest BCUT2D eigenvalue weighted by Crippen LogP contribution is -2.15. The second kappa shape index (κ2) is 4.17. The predicted octanol–water partition coefficient (Wildman–Crippen LogP) is 4.69. The maximum atomic E-state index is 13.0. The third-order valence-electron chi connectivity index (χ3n) is 3.28. The second-order valence-corrected chi connectivity index (χ2v) is 6.63. The molecule has 0 nitrogen and oxygen atoms in total. The molecule has 2 rings (SSSR count). The smallest absolute Gasteiger partial charge is 0.137 e. The molecule has 1 aliphatic rings. The van der Waals surface area contributed by atoms with E-state index >= 15 is 0 Å². The van der Waals surface area contributed by atoms with Crippen molar-refractivity contribution in [3.8, 4) is 0 Å². The van der Waals surface area contributed by atoms with Crippen molar-refractivity contribution in [1.82, 2.24) is 0 Å². The molecular formula is C12H13Br2F. The monoisotopic (exact) mass is 334 g/mol. The molecule has 0 radical (unpaired) electrons. The highest BCUT2D eigenvalue weighted by Crippen LogP contribution is 2.53. The summed E-state index contributed by atoms with van der Waals surface area (Å²) < 4.78 is 13.6. The Hall–Kier alpha value is 0.110. The van der Waals surface area contributed by atoms with Crippen LogP contribution in [0.15, 0.2) is 22.7 Å². The Balaban J connectivity index is 2.15. The molecule has 1 aromatic carbocycles. The molecule has 0 heterocycles. The fourth-order valence-electron chi connectivity index (χ4n) is 1.93. The van der Waals surface area contributed by atoms with Gasteiger partial charge in [-0.3, -0.25) is 0 Å². The predicted molar refractivity (Wildman–Crippen MR) is 67.9 cm³/mol. The molecule has 0 saturated heterocycles. The minimum atomic E-state index is -0.185. The molecule has 0 aromatic heterocycles. The summed E-state index contributed by atoms with van der Waals surface area (Å²) in [7, 11) is 0. The van der Waals surface area contributed by atoms with Crippen LogP contribution in [0.4, 0.5) is 4.39 Å². The zero-order valence-electron chi connectivity index (χ0n) is 8.56. The van der Waals surface area contributed by atoms with Gasteiger partial charge in [-0.1, -0.05) is 28.9 Å². The van der Waals surface area contributed by atoms with Crippen molar-refractivity contribution in [2.45, 2.75) is 31.0 Å². The van der Waals surface area contributed by atoms with Crippen LogP contribution in [0.2, 0.25) is 0 Å². The zero-order chi connectivity index (χ0) is 11.1. The molecule has 1 saturated carbocycles. The van der Waals surface area contributed by atoms with Gasteiger partial charge in [0, 0.05) is 4.83 Å². The van der Waals surface area contributed by atoms with Gasteiger partial charge >= 0.3 is 0 Å². The fourth-order valence-corrected chi connectivity index (χ4v) is 2.98. The first-order chi connectivity index (χ1) is 7.03. The fraction of sp³-hybridized carbons (Fsp3) is 0.500. The van der Waals surface area contributed by atoms with Crippen molar-refractivity contribution in [3.63, 3.8) is 0 Å². The highest BCUT2D eigenvalue weighted by molar-refractivity contribution is 9.10. The lowest BCUT2D eigenvalue weighted by Gasteiger charge is -2.18. The number of benzene rings is 1. The molecule has 0 spiro atoms. The average molecular weight is 336 g/mol. The summed E-state index contributed by atoms with van der Waals surface area (Å²) in [6.07, 6.45) is 3.58. The van der Waals surface area contributed by atoms with Crippen LogP contribution in [0.3, 0.4) is 0 Å². The molecule has 82 valence electrons. The molecule has 1 unspecified atom stereocenters. The number of halogens is 3. The van der Waals surface area contributed by atoms with Crippen LogP contribution in [0.25, 0.3) is 0 Å². The van der Waals surface area contributed by atoms with Crippen LogP contribution in [-0.4, -0.2) is 4.83 Å². The normalized spacial score (nSPS) is 20.0. The third-order valence-corrected chi connectivity index (χ3v) is 4.86. The summed E-state index contributed by atoms with van der Waals surface area (Å²) in [5.74, 6) is -0.185. The van der Waals surface area contributed by atoms with E-state index in [9.17, 15) is 4.39 Å². The van der Waals surface area contributed by atoms with Gasteiger partial charge in [-0.05, 0) is 58.3 Å². The summed E-state index contributed by atoms with van der Waals surface area (Å²) in [5.41, 5.74) is 1.63. The first-order valence-electron chi connectivity index (χ1n) is 5.11. The molecule has 0 aliphatic heterocycles. The van der Waals surface area contributed by atoms with Gasteiger partial charge in [0.05, 0.1) is 4.47 Å². The van der Waals surface area contributed by atoms with Crippen LogP contribution in [0.1, 0.15) is 25.3 Å². The number of hydrogen-bond donors (Lipinski definition) is 0. The summed E-state index contributed by atoms with van der Waals surface area (Å²) in [5, 5.41) is 0. The van der Waals surface area contributed by atoms with Gasteiger partial charge in [0.2, 0.25) is 0 Å². The van der Waals surface area contributed by atoms with E-state index in [-0.39, 0.29) is 5.82 Å². The van der Waals surface area contributed by atoms with E-state index in [2.05, 4.69) is 38.8 Å². The summed E-state index contributed by atoms with van der Waals surface area (Å²) in [4.78, 5) is 0.536. The lowest BCUT2D eigenvalue weighted by atomic mass is 9.94. The van der Waals surface area contributed by atoms with E-state index in [1.165, 1.54) is 24.5 Å². The Morgan fingerprint density at radius 3 is 2.60 bits per heavy atom. The van der Waals surface area contributed by atoms with E-state index in [1.807, 2.05) is 12.1 Å². The van der Waals surface area contributed by atoms with Crippen LogP contribution >= 0.6 is 31.9 Å². The topological polar surface area (TPSA) is 0 Å². The van der Waals surface area contributed by atoms with Crippen LogP contribution < -0.4 is 0 Å². The van der Waals surface area contributed by atoms with Crippen LogP contribution in [0, 0.1) is 11.2 Å². The van der Waals surface area contributed by atoms with E-state index in [1.54, 1.807) is 0 Å². The summed E-state index contributed by atoms with van der Waals surface area (Å²) in [6, 6.07) is 5.31. The van der Waals surface area contributed by atoms with E-state index in [4.69, 9.17) is 0 Å². The zero-order valence-corrected chi connectivity index (χ0v) is 11.7. The highest BCUT2D eigenvalue weighted by atomic mass is 79.9. The molecule has 3 heteroatoms. The number of hydrogen-bond acceptors (Lipinski definition) is 0. The highest BCUT2D eigenvalue weighted by Gasteiger charge is 2.46. The van der Waals surface area contributed by atoms with Crippen molar-refractivity contribution in [2.24, 2.45) is 5.41 Å². The number of rotatable bonds is 3. The summed E-state index contributed by atoms with van der Waals surface area (Å²) in [6.45, 7) is 2.20. The maximum Gasteiger partial charge on any atom is 0.137 e. The Kier molecular flexibility index (Phi) is 3.22. The molecular weight excluding hydrogens is 323 g/mol. The van der Waals surface area contributed by atoms with Crippen molar-refractivity contribution < 1.29 is 4.39 Å². The largest absolute Gasteiger partial charge is 0.206 e. The van der Waals surface area contributed by atoms with Crippen molar-refractivity contribution in [2.75, 3.05) is 0 Å². The minimum Gasteiger partial charge on any atom is -0.206 e. The molecule has 1 aromatic rings. The standard InChI is InChI=1S/C12H13Br2F/c1-8(13)12(4-5-12)7-9-2-3-11(15)10(14)6-9/h2-3,6,8H,4-5,7H2,1H3. The van der Waals surface area contributed by atoms with E-state index < -0.39 is 0 Å². The van der Waals surface area contributed by atoms with Crippen molar-refractivity contribution in [3.05, 3.63) is 34.1 Å². The van der Waals surface area contributed by atoms with Gasteiger partial charge in [-0.2, -0.15) is 0 Å². The molecule has 15 heavy (non-hydrogen) atoms. The molecule has 0 N–H and O–H groups in total. The van der Waals surface area contributed by atoms with Crippen LogP contribution in [-0.2, 0) is 6.42 Å². The SMILES string of the molecule is CC(Br)C1(Cc2ccc(F)c(Br)c2)CC1. The molecule has 1 aliphatic carbocycles. The van der Waals surface area contributed by atoms with E-state index in [0.717, 1.165) is 6.42 Å². The Labute approximate surface area is 107 Å². The third kappa shape index (κ3) is 2.44. The Morgan fingerprint density at radius 2 is 2.13 bits per heavy atom. The first kappa shape index (κ1) is 11.6. The lowest BCUT2D eigenvalue weighted by molar-refractivity contribution is 0.508. The Bertz CT molecular complexity index is 370. The van der Waals surface area contributed by atoms with Gasteiger partial charge in [0.25, 0.3) is 0 Å². The van der Waals surface area contributed by atoms with Gasteiger partial charge in [0.1, 0.15) is 5.82 Å².